The monoisotopic (exact) mass is 1240 g/mol. The van der Waals surface area contributed by atoms with Crippen molar-refractivity contribution in [3.05, 3.63) is 12.2 Å². The summed E-state index contributed by atoms with van der Waals surface area (Å²) in [5.74, 6) is -4.71. The molecule has 0 aromatic rings. The number of carbonyl (C=O) groups is 3. The molecule has 0 aromatic heterocycles. The van der Waals surface area contributed by atoms with Gasteiger partial charge in [-0.2, -0.15) is 0 Å². The summed E-state index contributed by atoms with van der Waals surface area (Å²) in [6.07, 6.45) is -0.473. The number of carbonyl (C=O) groups excluding carboxylic acids is 3. The highest BCUT2D eigenvalue weighted by Gasteiger charge is 2.70. The van der Waals surface area contributed by atoms with E-state index in [9.17, 15) is 24.6 Å². The van der Waals surface area contributed by atoms with Crippen molar-refractivity contribution in [3.8, 4) is 0 Å². The average Bonchev–Trinajstić information content (AvgIpc) is 1.55. The first-order chi connectivity index (χ1) is 42.2. The lowest BCUT2D eigenvalue weighted by Crippen LogP contribution is -2.63. The molecule has 0 aliphatic carbocycles. The Labute approximate surface area is 513 Å². The second kappa shape index (κ2) is 22.6. The SMILES string of the molecule is C=C1C[C@@H]2CC[C@@]34CC5O[C@H]6C(O[C@H]7CC[C@H](CC(=O)O[C@@H]8[C@@H](C)[C@@H]9O[C@@H]%10C[C@]%11(C[C@@H]%12O[C@]%13(C[C@H](C)[C@@H]%14O[C@@H]%15CC(C(COC(C)=O)OC(C)=O)O[C@@H]%15C[C@@H]%14O%13)C[C@H](C)[C@@H]%12O%11)O[C@@H]%10C[C@@H]9O[C@H]8CC8O[C@@H](CC[C@@H]1O2)C[C@@H](C)C8(O)CO)O[C@@H]7[C@@H]6O3)[C@H]5O4. The summed E-state index contributed by atoms with van der Waals surface area (Å²) < 4.78 is 122. The van der Waals surface area contributed by atoms with Crippen LogP contribution in [0.1, 0.15) is 157 Å². The number of hydrogen-bond donors (Lipinski definition) is 2. The minimum atomic E-state index is -1.60. The number of hydrogen-bond acceptors (Lipinski definition) is 23. The number of esters is 3. The summed E-state index contributed by atoms with van der Waals surface area (Å²) >= 11 is 0. The van der Waals surface area contributed by atoms with Crippen LogP contribution in [0.5, 0.6) is 0 Å². The molecule has 3 spiro atoms. The number of aliphatic hydroxyl groups is 2. The topological polar surface area (TPSA) is 258 Å². The Kier molecular flexibility index (Phi) is 15.5. The van der Waals surface area contributed by atoms with Gasteiger partial charge in [0.25, 0.3) is 0 Å². The Morgan fingerprint density at radius 3 is 2.01 bits per heavy atom. The van der Waals surface area contributed by atoms with Gasteiger partial charge in [0.1, 0.15) is 54.9 Å². The van der Waals surface area contributed by atoms with Gasteiger partial charge < -0.3 is 95.5 Å². The third-order valence-corrected chi connectivity index (χ3v) is 23.8. The normalized spacial score (nSPS) is 56.2. The molecule has 0 radical (unpaired) electrons. The molecule has 17 fully saturated rings. The Balaban J connectivity index is 0.620. The van der Waals surface area contributed by atoms with Crippen molar-refractivity contribution in [2.24, 2.45) is 23.7 Å². The first-order valence-electron chi connectivity index (χ1n) is 33.7. The third-order valence-electron chi connectivity index (χ3n) is 23.8. The zero-order valence-corrected chi connectivity index (χ0v) is 51.6. The lowest BCUT2D eigenvalue weighted by molar-refractivity contribution is -0.369. The van der Waals surface area contributed by atoms with Crippen molar-refractivity contribution >= 4 is 17.9 Å². The molecule has 0 aromatic carbocycles. The highest BCUT2D eigenvalue weighted by molar-refractivity contribution is 5.70. The molecule has 6 unspecified atom stereocenters. The molecule has 17 aliphatic rings. The number of ether oxygens (including phenoxy) is 18. The number of aliphatic hydroxyl groups excluding tert-OH is 1. The minimum absolute atomic E-state index is 0.0106. The second-order valence-electron chi connectivity index (χ2n) is 29.9. The van der Waals surface area contributed by atoms with Gasteiger partial charge in [-0.05, 0) is 68.3 Å². The molecule has 0 amide bonds. The van der Waals surface area contributed by atoms with Crippen LogP contribution in [-0.2, 0) is 99.6 Å². The predicted molar refractivity (Wildman–Crippen MR) is 298 cm³/mol. The van der Waals surface area contributed by atoms with Gasteiger partial charge in [0.05, 0.1) is 123 Å². The van der Waals surface area contributed by atoms with Crippen molar-refractivity contribution in [1.82, 2.24) is 0 Å². The van der Waals surface area contributed by atoms with E-state index >= 15 is 0 Å². The van der Waals surface area contributed by atoms with E-state index in [0.717, 1.165) is 18.4 Å². The van der Waals surface area contributed by atoms with Gasteiger partial charge in [0.15, 0.2) is 23.5 Å². The predicted octanol–water partition coefficient (Wildman–Crippen LogP) is 4.64. The molecule has 12 bridgehead atoms. The standard InChI is InChI=1S/C65H92O23/c1-28-14-37-12-13-62-24-48-58(87-62)59-60(81-48)61(88-62)57-39(78-59)11-9-36(75-57)16-52(69)82-56-32(5)55-44(77-45(56)20-51-65(70,27-66)31(4)15-35(74-51)8-10-38(28)73-37)19-43-47(80-55)23-64(83-43)25-49-54(86-64)30(3)22-63(85-49)21-29(2)53-46(84-63)18-40-41(79-53)17-42(76-40)50(72-34(7)68)26-71-33(6)67/h29-32,35-51,53-61,66,70H,1,8-27H2,2-7H3/t29-,30-,31+,32-,35-,36+,37-,38-,39-,40+,41+,42?,43+,44-,45-,46-,47+,48?,49-,50?,51?,53-,54-,55-,56+,57-,58-,59?,60-,61-,62-,63+,64-,65?/m0/s1. The van der Waals surface area contributed by atoms with Crippen molar-refractivity contribution < 1.29 is 110 Å². The quantitative estimate of drug-likeness (QED) is 0.216. The number of fused-ring (bicyclic) bond motifs is 11. The summed E-state index contributed by atoms with van der Waals surface area (Å²) in [7, 11) is 0. The van der Waals surface area contributed by atoms with Crippen molar-refractivity contribution in [2.45, 2.75) is 339 Å². The van der Waals surface area contributed by atoms with Gasteiger partial charge in [0, 0.05) is 84.0 Å². The van der Waals surface area contributed by atoms with Crippen LogP contribution in [0.15, 0.2) is 12.2 Å². The molecule has 17 aliphatic heterocycles. The van der Waals surface area contributed by atoms with Gasteiger partial charge in [-0.3, -0.25) is 14.4 Å². The van der Waals surface area contributed by atoms with E-state index in [0.29, 0.717) is 89.9 Å². The van der Waals surface area contributed by atoms with Gasteiger partial charge >= 0.3 is 17.9 Å². The molecule has 23 heteroatoms. The molecule has 34 atom stereocenters. The van der Waals surface area contributed by atoms with Crippen LogP contribution in [0.2, 0.25) is 0 Å². The van der Waals surface area contributed by atoms with Crippen molar-refractivity contribution in [2.75, 3.05) is 13.2 Å². The Morgan fingerprint density at radius 2 is 1.19 bits per heavy atom. The molecule has 0 saturated carbocycles. The van der Waals surface area contributed by atoms with E-state index in [2.05, 4.69) is 27.4 Å². The van der Waals surface area contributed by atoms with Crippen LogP contribution in [0.3, 0.4) is 0 Å². The average molecular weight is 1240 g/mol. The zero-order valence-electron chi connectivity index (χ0n) is 51.6. The molecule has 17 rings (SSSR count). The number of rotatable bonds is 5. The van der Waals surface area contributed by atoms with E-state index in [1.807, 2.05) is 6.92 Å². The fourth-order valence-electron chi connectivity index (χ4n) is 19.7. The minimum Gasteiger partial charge on any atom is -0.462 e. The lowest BCUT2D eigenvalue weighted by atomic mass is 9.74. The highest BCUT2D eigenvalue weighted by Crippen LogP contribution is 2.58. The summed E-state index contributed by atoms with van der Waals surface area (Å²) in [4.78, 5) is 38.5. The first kappa shape index (κ1) is 60.4. The Hall–Kier alpha value is -2.53. The first-order valence-corrected chi connectivity index (χ1v) is 33.7. The zero-order chi connectivity index (χ0) is 60.5. The Morgan fingerprint density at radius 1 is 0.534 bits per heavy atom. The van der Waals surface area contributed by atoms with Crippen LogP contribution in [0.4, 0.5) is 0 Å². The highest BCUT2D eigenvalue weighted by atomic mass is 16.8. The molecule has 2 N–H and O–H groups in total. The molecule has 23 nitrogen and oxygen atoms in total. The molecule has 88 heavy (non-hydrogen) atoms. The van der Waals surface area contributed by atoms with Gasteiger partial charge in [0.2, 0.25) is 0 Å². The van der Waals surface area contributed by atoms with E-state index < -0.39 is 109 Å². The van der Waals surface area contributed by atoms with Crippen molar-refractivity contribution in [1.29, 1.82) is 0 Å². The van der Waals surface area contributed by atoms with Crippen molar-refractivity contribution in [3.63, 3.8) is 0 Å². The van der Waals surface area contributed by atoms with E-state index in [1.165, 1.54) is 13.8 Å². The fourth-order valence-corrected chi connectivity index (χ4v) is 19.7. The summed E-state index contributed by atoms with van der Waals surface area (Å²) in [6, 6.07) is 0. The molecule has 17 heterocycles. The van der Waals surface area contributed by atoms with E-state index in [4.69, 9.17) is 85.3 Å². The fraction of sp³-hybridized carbons (Fsp3) is 0.923. The molecular formula is C65H92O23. The van der Waals surface area contributed by atoms with Gasteiger partial charge in [-0.25, -0.2) is 0 Å². The third kappa shape index (κ3) is 10.5. The van der Waals surface area contributed by atoms with E-state index in [1.54, 1.807) is 0 Å². The van der Waals surface area contributed by atoms with Crippen LogP contribution in [0, 0.1) is 23.7 Å². The van der Waals surface area contributed by atoms with Gasteiger partial charge in [-0.1, -0.05) is 34.3 Å². The van der Waals surface area contributed by atoms with Crippen LogP contribution < -0.4 is 0 Å². The van der Waals surface area contributed by atoms with Crippen LogP contribution in [0.25, 0.3) is 0 Å². The van der Waals surface area contributed by atoms with E-state index in [-0.39, 0.29) is 141 Å². The maximum Gasteiger partial charge on any atom is 0.308 e. The van der Waals surface area contributed by atoms with Crippen LogP contribution >= 0.6 is 0 Å². The van der Waals surface area contributed by atoms with Gasteiger partial charge in [-0.15, -0.1) is 0 Å². The summed E-state index contributed by atoms with van der Waals surface area (Å²) in [6.45, 7) is 14.9. The van der Waals surface area contributed by atoms with Crippen LogP contribution in [-0.4, -0.2) is 223 Å². The summed E-state index contributed by atoms with van der Waals surface area (Å²) in [5.41, 5.74) is -0.551. The lowest BCUT2D eigenvalue weighted by Gasteiger charge is -2.54. The maximum absolute atomic E-state index is 14.7. The molecule has 490 valence electrons. The smallest absolute Gasteiger partial charge is 0.308 e. The molecular weight excluding hydrogens is 1150 g/mol. The molecule has 17 saturated heterocycles. The second-order valence-corrected chi connectivity index (χ2v) is 29.9. The Bertz CT molecular complexity index is 2680. The largest absolute Gasteiger partial charge is 0.462 e. The maximum atomic E-state index is 14.7. The summed E-state index contributed by atoms with van der Waals surface area (Å²) in [5, 5.41) is 23.5.